The Balaban J connectivity index is 1.70. The summed E-state index contributed by atoms with van der Waals surface area (Å²) in [6.07, 6.45) is 1.27. The topological polar surface area (TPSA) is 93.8 Å². The third-order valence-electron chi connectivity index (χ3n) is 6.82. The van der Waals surface area contributed by atoms with Crippen molar-refractivity contribution in [3.05, 3.63) is 64.8 Å². The Morgan fingerprint density at radius 1 is 0.925 bits per heavy atom. The molecular formula is C32H39N3O5. The van der Waals surface area contributed by atoms with Gasteiger partial charge in [0.1, 0.15) is 23.1 Å². The molecule has 0 N–H and O–H groups in total. The van der Waals surface area contributed by atoms with Crippen LogP contribution >= 0.6 is 0 Å². The van der Waals surface area contributed by atoms with Crippen molar-refractivity contribution < 1.29 is 23.8 Å². The number of benzene rings is 2. The van der Waals surface area contributed by atoms with Gasteiger partial charge in [0.05, 0.1) is 17.1 Å². The number of aryl methyl sites for hydroxylation is 2. The predicted octanol–water partition coefficient (Wildman–Crippen LogP) is 7.09. The van der Waals surface area contributed by atoms with Crippen molar-refractivity contribution in [3.8, 4) is 11.8 Å². The molecule has 0 spiro atoms. The number of piperidine rings is 1. The number of nitrogens with zero attached hydrogens (tertiary/aromatic N) is 3. The maximum Gasteiger partial charge on any atom is 0.419 e. The number of likely N-dealkylation sites (tertiary alicyclic amines) is 1. The number of fused-ring (bicyclic) bond motifs is 1. The lowest BCUT2D eigenvalue weighted by Gasteiger charge is -2.39. The van der Waals surface area contributed by atoms with E-state index in [1.807, 2.05) is 79.7 Å². The summed E-state index contributed by atoms with van der Waals surface area (Å²) >= 11 is 0. The summed E-state index contributed by atoms with van der Waals surface area (Å²) in [6.45, 7) is 16.0. The zero-order valence-electron chi connectivity index (χ0n) is 24.7. The molecule has 0 bridgehead atoms. The van der Waals surface area contributed by atoms with Gasteiger partial charge in [0.15, 0.2) is 0 Å². The number of hydrogen-bond donors (Lipinski definition) is 0. The molecule has 1 aromatic heterocycles. The molecule has 2 heterocycles. The summed E-state index contributed by atoms with van der Waals surface area (Å²) in [4.78, 5) is 27.7. The molecule has 1 amide bonds. The summed E-state index contributed by atoms with van der Waals surface area (Å²) in [5.74, 6) is 0.551. The highest BCUT2D eigenvalue weighted by atomic mass is 16.6. The monoisotopic (exact) mass is 545 g/mol. The molecule has 1 aliphatic rings. The van der Waals surface area contributed by atoms with Crippen LogP contribution in [0, 0.1) is 25.2 Å². The summed E-state index contributed by atoms with van der Waals surface area (Å²) in [5, 5.41) is 10.1. The van der Waals surface area contributed by atoms with Crippen LogP contribution in [0.15, 0.2) is 42.6 Å². The zero-order valence-corrected chi connectivity index (χ0v) is 24.7. The zero-order chi connectivity index (χ0) is 29.4. The molecule has 1 saturated heterocycles. The van der Waals surface area contributed by atoms with E-state index < -0.39 is 17.3 Å². The molecule has 212 valence electrons. The molecule has 4 rings (SSSR count). The van der Waals surface area contributed by atoms with Crippen molar-refractivity contribution in [2.75, 3.05) is 13.1 Å². The van der Waals surface area contributed by atoms with Crippen molar-refractivity contribution in [1.29, 1.82) is 5.26 Å². The van der Waals surface area contributed by atoms with E-state index in [0.717, 1.165) is 27.6 Å². The standard InChI is InChI=1S/C32H39N3O5/c1-20-17-21(2)28(24-13-16-35(27(20)24)30(37)40-32(6,7)8)38-26-14-15-34(29(36)39-31(3,4)5)19-25(26)23-11-9-22(18-33)10-12-23/h9-13,16-17,25-26H,14-15,19H2,1-8H3/t25-,26+/m0/s1. The fraction of sp³-hybridized carbons (Fsp3) is 0.469. The van der Waals surface area contributed by atoms with E-state index in [4.69, 9.17) is 14.2 Å². The second-order valence-corrected chi connectivity index (χ2v) is 12.5. The number of hydrogen-bond acceptors (Lipinski definition) is 6. The highest BCUT2D eigenvalue weighted by molar-refractivity contribution is 5.96. The number of rotatable bonds is 3. The number of ether oxygens (including phenoxy) is 3. The number of carbonyl (C=O) groups excluding carboxylic acids is 2. The number of carbonyl (C=O) groups is 2. The molecule has 1 fully saturated rings. The predicted molar refractivity (Wildman–Crippen MR) is 154 cm³/mol. The van der Waals surface area contributed by atoms with Gasteiger partial charge in [0.2, 0.25) is 0 Å². The van der Waals surface area contributed by atoms with Crippen molar-refractivity contribution in [1.82, 2.24) is 9.47 Å². The van der Waals surface area contributed by atoms with Gasteiger partial charge >= 0.3 is 12.2 Å². The molecule has 40 heavy (non-hydrogen) atoms. The van der Waals surface area contributed by atoms with Gasteiger partial charge in [0.25, 0.3) is 0 Å². The van der Waals surface area contributed by atoms with Gasteiger partial charge in [-0.3, -0.25) is 4.57 Å². The average Bonchev–Trinajstić information content (AvgIpc) is 3.31. The van der Waals surface area contributed by atoms with Gasteiger partial charge in [-0.05, 0) is 90.3 Å². The first kappa shape index (κ1) is 29.0. The van der Waals surface area contributed by atoms with E-state index in [1.54, 1.807) is 23.2 Å². The first-order valence-electron chi connectivity index (χ1n) is 13.7. The molecular weight excluding hydrogens is 506 g/mol. The second kappa shape index (κ2) is 10.9. The van der Waals surface area contributed by atoms with E-state index in [9.17, 15) is 14.9 Å². The van der Waals surface area contributed by atoms with Crippen LogP contribution in [0.1, 0.15) is 76.1 Å². The van der Waals surface area contributed by atoms with Crippen LogP contribution in [0.4, 0.5) is 9.59 Å². The van der Waals surface area contributed by atoms with E-state index in [1.165, 1.54) is 4.57 Å². The van der Waals surface area contributed by atoms with E-state index in [0.29, 0.717) is 30.8 Å². The van der Waals surface area contributed by atoms with Gasteiger partial charge in [-0.2, -0.15) is 5.26 Å². The Kier molecular flexibility index (Phi) is 7.89. The molecule has 0 unspecified atom stereocenters. The molecule has 3 aromatic rings. The first-order chi connectivity index (χ1) is 18.7. The molecule has 8 heteroatoms. The van der Waals surface area contributed by atoms with Crippen molar-refractivity contribution >= 4 is 23.1 Å². The highest BCUT2D eigenvalue weighted by Crippen LogP contribution is 2.38. The maximum atomic E-state index is 13.0. The fourth-order valence-corrected chi connectivity index (χ4v) is 5.15. The maximum absolute atomic E-state index is 13.0. The van der Waals surface area contributed by atoms with Crippen molar-refractivity contribution in [3.63, 3.8) is 0 Å². The van der Waals surface area contributed by atoms with Crippen LogP contribution in [0.3, 0.4) is 0 Å². The van der Waals surface area contributed by atoms with Gasteiger partial charge in [-0.1, -0.05) is 18.2 Å². The summed E-state index contributed by atoms with van der Waals surface area (Å²) in [6, 6.07) is 13.5. The van der Waals surface area contributed by atoms with E-state index >= 15 is 0 Å². The Bertz CT molecular complexity index is 1450. The summed E-state index contributed by atoms with van der Waals surface area (Å²) in [7, 11) is 0. The lowest BCUT2D eigenvalue weighted by Crippen LogP contribution is -2.48. The third-order valence-corrected chi connectivity index (χ3v) is 6.82. The number of amides is 1. The quantitative estimate of drug-likeness (QED) is 0.349. The van der Waals surface area contributed by atoms with Crippen LogP contribution in [-0.4, -0.2) is 52.0 Å². The number of aromatic nitrogens is 1. The van der Waals surface area contributed by atoms with Crippen LogP contribution in [0.25, 0.3) is 10.9 Å². The Hall–Kier alpha value is -3.99. The van der Waals surface area contributed by atoms with Crippen LogP contribution < -0.4 is 4.74 Å². The van der Waals surface area contributed by atoms with Crippen molar-refractivity contribution in [2.45, 2.75) is 85.0 Å². The first-order valence-corrected chi connectivity index (χ1v) is 13.7. The normalized spacial score (nSPS) is 17.8. The van der Waals surface area contributed by atoms with Gasteiger partial charge < -0.3 is 19.1 Å². The Morgan fingerprint density at radius 3 is 2.15 bits per heavy atom. The lowest BCUT2D eigenvalue weighted by atomic mass is 9.87. The minimum absolute atomic E-state index is 0.155. The van der Waals surface area contributed by atoms with Crippen molar-refractivity contribution in [2.24, 2.45) is 0 Å². The Labute approximate surface area is 236 Å². The van der Waals surface area contributed by atoms with Crippen LogP contribution in [0.2, 0.25) is 0 Å². The summed E-state index contributed by atoms with van der Waals surface area (Å²) < 4.78 is 19.6. The second-order valence-electron chi connectivity index (χ2n) is 12.5. The lowest BCUT2D eigenvalue weighted by molar-refractivity contribution is 0.00777. The molecule has 8 nitrogen and oxygen atoms in total. The highest BCUT2D eigenvalue weighted by Gasteiger charge is 2.36. The fourth-order valence-electron chi connectivity index (χ4n) is 5.15. The van der Waals surface area contributed by atoms with E-state index in [-0.39, 0.29) is 18.1 Å². The van der Waals surface area contributed by atoms with Gasteiger partial charge in [0, 0.05) is 37.0 Å². The molecule has 0 radical (unpaired) electrons. The molecule has 0 saturated carbocycles. The number of nitriles is 1. The average molecular weight is 546 g/mol. The third kappa shape index (κ3) is 6.41. The van der Waals surface area contributed by atoms with Crippen LogP contribution in [0.5, 0.6) is 5.75 Å². The molecule has 1 aliphatic heterocycles. The smallest absolute Gasteiger partial charge is 0.419 e. The SMILES string of the molecule is Cc1cc(C)c2c(ccn2C(=O)OC(C)(C)C)c1O[C@@H]1CCN(C(=O)OC(C)(C)C)C[C@H]1c1ccc(C#N)cc1. The van der Waals surface area contributed by atoms with Gasteiger partial charge in [-0.25, -0.2) is 9.59 Å². The molecule has 2 atom stereocenters. The Morgan fingerprint density at radius 2 is 1.55 bits per heavy atom. The van der Waals surface area contributed by atoms with Gasteiger partial charge in [-0.15, -0.1) is 0 Å². The molecule has 2 aromatic carbocycles. The van der Waals surface area contributed by atoms with E-state index in [2.05, 4.69) is 6.07 Å². The van der Waals surface area contributed by atoms with Crippen LogP contribution in [-0.2, 0) is 9.47 Å². The summed E-state index contributed by atoms with van der Waals surface area (Å²) in [5.41, 5.74) is 2.97. The minimum Gasteiger partial charge on any atom is -0.489 e. The minimum atomic E-state index is -0.623. The molecule has 0 aliphatic carbocycles. The largest absolute Gasteiger partial charge is 0.489 e.